The van der Waals surface area contributed by atoms with Crippen LogP contribution in [0, 0.1) is 20.8 Å². The molecule has 0 fully saturated rings. The van der Waals surface area contributed by atoms with Crippen LogP contribution in [0.25, 0.3) is 10.9 Å². The van der Waals surface area contributed by atoms with Crippen LogP contribution >= 0.6 is 11.3 Å². The van der Waals surface area contributed by atoms with E-state index in [1.165, 1.54) is 43.7 Å². The fourth-order valence-corrected chi connectivity index (χ4v) is 5.56. The van der Waals surface area contributed by atoms with Crippen LogP contribution in [0.5, 0.6) is 5.75 Å². The molecule has 2 aromatic heterocycles. The SMILES string of the molecule is COc1c(C(=O)NCCc2c(C)[nH]c3c(C)cc(C)cc23)sc2c1CCC2. The molecule has 2 heterocycles. The van der Waals surface area contributed by atoms with Gasteiger partial charge in [0.15, 0.2) is 0 Å². The molecule has 27 heavy (non-hydrogen) atoms. The summed E-state index contributed by atoms with van der Waals surface area (Å²) in [5.41, 5.74) is 7.45. The predicted molar refractivity (Wildman–Crippen MR) is 111 cm³/mol. The highest BCUT2D eigenvalue weighted by molar-refractivity contribution is 7.14. The molecule has 1 aliphatic carbocycles. The molecule has 0 saturated heterocycles. The van der Waals surface area contributed by atoms with Crippen LogP contribution < -0.4 is 10.1 Å². The highest BCUT2D eigenvalue weighted by Gasteiger charge is 2.26. The number of nitrogens with one attached hydrogen (secondary N) is 2. The number of carbonyl (C=O) groups excluding carboxylic acids is 1. The average molecular weight is 383 g/mol. The second-order valence-corrected chi connectivity index (χ2v) is 8.56. The Labute approximate surface area is 163 Å². The molecule has 0 bridgehead atoms. The number of hydrogen-bond donors (Lipinski definition) is 2. The first kappa shape index (κ1) is 18.1. The minimum Gasteiger partial charge on any atom is -0.495 e. The standard InChI is InChI=1S/C22H26N2O2S/c1-12-10-13(2)19-17(11-12)15(14(3)24-19)8-9-23-22(25)21-20(26-4)16-6-5-7-18(16)27-21/h10-11,24H,5-9H2,1-4H3,(H,23,25). The Kier molecular flexibility index (Phi) is 4.72. The summed E-state index contributed by atoms with van der Waals surface area (Å²) in [4.78, 5) is 18.3. The second kappa shape index (κ2) is 7.04. The van der Waals surface area contributed by atoms with Gasteiger partial charge < -0.3 is 15.0 Å². The van der Waals surface area contributed by atoms with Crippen LogP contribution in [0.3, 0.4) is 0 Å². The van der Waals surface area contributed by atoms with Crippen LogP contribution in [0.2, 0.25) is 0 Å². The van der Waals surface area contributed by atoms with Crippen molar-refractivity contribution in [2.24, 2.45) is 0 Å². The topological polar surface area (TPSA) is 54.1 Å². The van der Waals surface area contributed by atoms with Gasteiger partial charge in [-0.15, -0.1) is 11.3 Å². The summed E-state index contributed by atoms with van der Waals surface area (Å²) in [6.07, 6.45) is 4.07. The van der Waals surface area contributed by atoms with Crippen molar-refractivity contribution in [3.8, 4) is 5.75 Å². The van der Waals surface area contributed by atoms with E-state index >= 15 is 0 Å². The van der Waals surface area contributed by atoms with Gasteiger partial charge in [-0.25, -0.2) is 0 Å². The van der Waals surface area contributed by atoms with Gasteiger partial charge in [0, 0.05) is 33.6 Å². The van der Waals surface area contributed by atoms with Crippen LogP contribution in [-0.4, -0.2) is 24.5 Å². The van der Waals surface area contributed by atoms with Crippen molar-refractivity contribution in [2.75, 3.05) is 13.7 Å². The molecule has 1 aromatic carbocycles. The third-order valence-electron chi connectivity index (χ3n) is 5.51. The lowest BCUT2D eigenvalue weighted by molar-refractivity contribution is 0.0955. The van der Waals surface area contributed by atoms with Gasteiger partial charge in [-0.2, -0.15) is 0 Å². The lowest BCUT2D eigenvalue weighted by Crippen LogP contribution is -2.25. The third-order valence-corrected chi connectivity index (χ3v) is 6.79. The van der Waals surface area contributed by atoms with E-state index in [9.17, 15) is 4.79 Å². The van der Waals surface area contributed by atoms with Gasteiger partial charge in [0.25, 0.3) is 5.91 Å². The zero-order valence-electron chi connectivity index (χ0n) is 16.4. The predicted octanol–water partition coefficient (Wildman–Crippen LogP) is 4.62. The minimum absolute atomic E-state index is 0.0175. The van der Waals surface area contributed by atoms with Gasteiger partial charge in [0.05, 0.1) is 7.11 Å². The zero-order valence-corrected chi connectivity index (χ0v) is 17.2. The maximum atomic E-state index is 12.7. The first-order valence-electron chi connectivity index (χ1n) is 9.54. The van der Waals surface area contributed by atoms with Crippen LogP contribution in [0.15, 0.2) is 12.1 Å². The second-order valence-electron chi connectivity index (χ2n) is 7.46. The van der Waals surface area contributed by atoms with Crippen LogP contribution in [0.4, 0.5) is 0 Å². The quantitative estimate of drug-likeness (QED) is 0.676. The Morgan fingerprint density at radius 2 is 2.07 bits per heavy atom. The van der Waals surface area contributed by atoms with E-state index in [1.54, 1.807) is 18.4 Å². The maximum Gasteiger partial charge on any atom is 0.265 e. The van der Waals surface area contributed by atoms with Gasteiger partial charge in [-0.05, 0) is 63.6 Å². The van der Waals surface area contributed by atoms with Crippen LogP contribution in [-0.2, 0) is 19.3 Å². The number of aryl methyl sites for hydroxylation is 4. The summed E-state index contributed by atoms with van der Waals surface area (Å²) in [6.45, 7) is 6.99. The van der Waals surface area contributed by atoms with Gasteiger partial charge in [0.1, 0.15) is 10.6 Å². The molecule has 0 unspecified atom stereocenters. The zero-order chi connectivity index (χ0) is 19.1. The Balaban J connectivity index is 1.50. The van der Waals surface area contributed by atoms with Crippen molar-refractivity contribution < 1.29 is 9.53 Å². The van der Waals surface area contributed by atoms with Gasteiger partial charge in [-0.1, -0.05) is 11.6 Å². The monoisotopic (exact) mass is 382 g/mol. The van der Waals surface area contributed by atoms with E-state index in [1.807, 2.05) is 0 Å². The summed E-state index contributed by atoms with van der Waals surface area (Å²) in [5.74, 6) is 0.774. The van der Waals surface area contributed by atoms with Crippen molar-refractivity contribution in [2.45, 2.75) is 46.5 Å². The van der Waals surface area contributed by atoms with E-state index in [0.717, 1.165) is 36.3 Å². The maximum absolute atomic E-state index is 12.7. The first-order chi connectivity index (χ1) is 13.0. The highest BCUT2D eigenvalue weighted by Crippen LogP contribution is 2.40. The molecule has 0 aliphatic heterocycles. The normalized spacial score (nSPS) is 13.2. The van der Waals surface area contributed by atoms with E-state index in [-0.39, 0.29) is 5.91 Å². The molecular formula is C22H26N2O2S. The third kappa shape index (κ3) is 3.14. The molecule has 3 aromatic rings. The molecule has 4 nitrogen and oxygen atoms in total. The van der Waals surface area contributed by atoms with Crippen LogP contribution in [0.1, 0.15) is 48.9 Å². The highest BCUT2D eigenvalue weighted by atomic mass is 32.1. The van der Waals surface area contributed by atoms with E-state index < -0.39 is 0 Å². The number of fused-ring (bicyclic) bond motifs is 2. The number of thiophene rings is 1. The van der Waals surface area contributed by atoms with Gasteiger partial charge >= 0.3 is 0 Å². The van der Waals surface area contributed by atoms with Crippen molar-refractivity contribution in [1.82, 2.24) is 10.3 Å². The van der Waals surface area contributed by atoms with Gasteiger partial charge in [0.2, 0.25) is 0 Å². The number of amides is 1. The molecule has 1 amide bonds. The molecule has 1 aliphatic rings. The van der Waals surface area contributed by atoms with Crippen molar-refractivity contribution in [1.29, 1.82) is 0 Å². The van der Waals surface area contributed by atoms with E-state index in [4.69, 9.17) is 4.74 Å². The number of H-pyrrole nitrogens is 1. The van der Waals surface area contributed by atoms with Crippen molar-refractivity contribution >= 4 is 28.1 Å². The summed E-state index contributed by atoms with van der Waals surface area (Å²) in [5, 5.41) is 4.37. The molecule has 4 rings (SSSR count). The number of methoxy groups -OCH3 is 1. The number of ether oxygens (including phenoxy) is 1. The van der Waals surface area contributed by atoms with E-state index in [0.29, 0.717) is 6.54 Å². The number of benzene rings is 1. The number of carbonyl (C=O) groups is 1. The molecule has 142 valence electrons. The van der Waals surface area contributed by atoms with Crippen molar-refractivity contribution in [3.05, 3.63) is 49.8 Å². The lowest BCUT2D eigenvalue weighted by Gasteiger charge is -2.08. The van der Waals surface area contributed by atoms with Crippen molar-refractivity contribution in [3.63, 3.8) is 0 Å². The summed E-state index contributed by atoms with van der Waals surface area (Å²) in [6, 6.07) is 4.43. The minimum atomic E-state index is -0.0175. The lowest BCUT2D eigenvalue weighted by atomic mass is 10.0. The molecule has 0 saturated carbocycles. The number of aromatic amines is 1. The molecule has 0 radical (unpaired) electrons. The smallest absolute Gasteiger partial charge is 0.265 e. The Morgan fingerprint density at radius 3 is 2.85 bits per heavy atom. The first-order valence-corrected chi connectivity index (χ1v) is 10.4. The summed E-state index contributed by atoms with van der Waals surface area (Å²) < 4.78 is 5.55. The Hall–Kier alpha value is -2.27. The number of aromatic nitrogens is 1. The fourth-order valence-electron chi connectivity index (χ4n) is 4.28. The molecule has 2 N–H and O–H groups in total. The molecule has 0 spiro atoms. The molecular weight excluding hydrogens is 356 g/mol. The Morgan fingerprint density at radius 1 is 1.26 bits per heavy atom. The number of rotatable bonds is 5. The largest absolute Gasteiger partial charge is 0.495 e. The number of hydrogen-bond acceptors (Lipinski definition) is 3. The molecule has 5 heteroatoms. The fraction of sp³-hybridized carbons (Fsp3) is 0.409. The molecule has 0 atom stereocenters. The van der Waals surface area contributed by atoms with E-state index in [2.05, 4.69) is 43.2 Å². The average Bonchev–Trinajstić information content (AvgIpc) is 3.28. The summed E-state index contributed by atoms with van der Waals surface area (Å²) in [7, 11) is 1.66. The summed E-state index contributed by atoms with van der Waals surface area (Å²) >= 11 is 1.60. The van der Waals surface area contributed by atoms with Gasteiger partial charge in [-0.3, -0.25) is 4.79 Å². The Bertz CT molecular complexity index is 1030.